The number of carbonyl (C=O) groups is 1. The second-order valence-corrected chi connectivity index (χ2v) is 8.16. The van der Waals surface area contributed by atoms with E-state index in [0.29, 0.717) is 44.8 Å². The first kappa shape index (κ1) is 20.4. The van der Waals surface area contributed by atoms with Gasteiger partial charge in [0.15, 0.2) is 5.78 Å². The van der Waals surface area contributed by atoms with Gasteiger partial charge in [-0.05, 0) is 48.2 Å². The number of hydrogen-bond donors (Lipinski definition) is 1. The summed E-state index contributed by atoms with van der Waals surface area (Å²) in [7, 11) is 1.64. The molecule has 0 spiro atoms. The van der Waals surface area contributed by atoms with Crippen LogP contribution in [-0.4, -0.2) is 44.3 Å². The van der Waals surface area contributed by atoms with Crippen LogP contribution in [0.4, 0.5) is 0 Å². The number of fused-ring (bicyclic) bond motifs is 4. The van der Waals surface area contributed by atoms with Gasteiger partial charge in [0.2, 0.25) is 0 Å². The Morgan fingerprint density at radius 2 is 1.97 bits per heavy atom. The molecule has 30 heavy (non-hydrogen) atoms. The van der Waals surface area contributed by atoms with E-state index in [1.54, 1.807) is 7.11 Å². The zero-order valence-corrected chi connectivity index (χ0v) is 17.6. The Bertz CT molecular complexity index is 1060. The molecule has 2 aromatic rings. The van der Waals surface area contributed by atoms with E-state index in [9.17, 15) is 10.1 Å². The maximum absolute atomic E-state index is 13.4. The van der Waals surface area contributed by atoms with Crippen molar-refractivity contribution in [1.82, 2.24) is 4.98 Å². The minimum Gasteiger partial charge on any atom is -0.491 e. The number of ether oxygens (including phenoxy) is 3. The summed E-state index contributed by atoms with van der Waals surface area (Å²) in [6, 6.07) is 7.91. The molecular weight excluding hydrogens is 380 g/mol. The number of benzene rings is 1. The lowest BCUT2D eigenvalue weighted by Gasteiger charge is -2.32. The Hall–Kier alpha value is -2.88. The van der Waals surface area contributed by atoms with Crippen LogP contribution in [0.2, 0.25) is 0 Å². The summed E-state index contributed by atoms with van der Waals surface area (Å²) in [4.78, 5) is 16.8. The first-order valence-electron chi connectivity index (χ1n) is 10.2. The monoisotopic (exact) mass is 406 g/mol. The maximum atomic E-state index is 13.4. The van der Waals surface area contributed by atoms with Gasteiger partial charge in [-0.25, -0.2) is 0 Å². The number of aromatic amines is 1. The number of rotatable bonds is 7. The number of hydrogen-bond acceptors (Lipinski definition) is 5. The normalized spacial score (nSPS) is 16.2. The van der Waals surface area contributed by atoms with Gasteiger partial charge < -0.3 is 19.2 Å². The molecule has 2 aliphatic rings. The van der Waals surface area contributed by atoms with E-state index in [0.717, 1.165) is 39.4 Å². The zero-order valence-electron chi connectivity index (χ0n) is 17.6. The van der Waals surface area contributed by atoms with Crippen molar-refractivity contribution in [3.05, 3.63) is 57.4 Å². The Morgan fingerprint density at radius 1 is 1.17 bits per heavy atom. The number of methoxy groups -OCH3 is 1. The topological polar surface area (TPSA) is 84.3 Å². The van der Waals surface area contributed by atoms with Gasteiger partial charge in [0.1, 0.15) is 12.4 Å². The van der Waals surface area contributed by atoms with Gasteiger partial charge >= 0.3 is 0 Å². The van der Waals surface area contributed by atoms with E-state index in [1.165, 1.54) is 0 Å². The van der Waals surface area contributed by atoms with E-state index in [4.69, 9.17) is 14.2 Å². The highest BCUT2D eigenvalue weighted by molar-refractivity contribution is 6.14. The molecule has 1 N–H and O–H groups in total. The summed E-state index contributed by atoms with van der Waals surface area (Å²) < 4.78 is 16.2. The van der Waals surface area contributed by atoms with Gasteiger partial charge in [-0.1, -0.05) is 13.8 Å². The summed E-state index contributed by atoms with van der Waals surface area (Å²) >= 11 is 0. The Labute approximate surface area is 176 Å². The number of nitrogens with one attached hydrogen (secondary N) is 1. The molecule has 0 saturated heterocycles. The third-order valence-corrected chi connectivity index (χ3v) is 5.93. The van der Waals surface area contributed by atoms with Crippen molar-refractivity contribution < 1.29 is 19.0 Å². The number of nitriles is 1. The lowest BCUT2D eigenvalue weighted by molar-refractivity contribution is 0.0544. The van der Waals surface area contributed by atoms with Crippen LogP contribution in [0.15, 0.2) is 23.8 Å². The standard InChI is InChI=1S/C24H26N2O4/c1-24(2)19-13-16(30-11-10-29-9-8-28-3)5-7-17(19)22(27)21-18-6-4-15(14-25)12-20(18)26-23(21)24/h5,7,12-13,26H,4,6,8-11H2,1-3H3. The molecule has 1 heterocycles. The smallest absolute Gasteiger partial charge is 0.195 e. The van der Waals surface area contributed by atoms with E-state index in [-0.39, 0.29) is 11.2 Å². The molecule has 0 saturated carbocycles. The molecule has 1 aromatic heterocycles. The summed E-state index contributed by atoms with van der Waals surface area (Å²) in [6.45, 7) is 6.23. The minimum atomic E-state index is -0.384. The van der Waals surface area contributed by atoms with Crippen LogP contribution in [0, 0.1) is 11.3 Å². The van der Waals surface area contributed by atoms with Crippen LogP contribution in [0.3, 0.4) is 0 Å². The van der Waals surface area contributed by atoms with Gasteiger partial charge in [0.25, 0.3) is 0 Å². The predicted octanol–water partition coefficient (Wildman–Crippen LogP) is 3.78. The summed E-state index contributed by atoms with van der Waals surface area (Å²) in [5.41, 5.74) is 5.63. The molecule has 4 rings (SSSR count). The van der Waals surface area contributed by atoms with Crippen molar-refractivity contribution in [2.24, 2.45) is 0 Å². The first-order chi connectivity index (χ1) is 14.5. The fraction of sp³-hybridized carbons (Fsp3) is 0.417. The molecule has 1 aromatic carbocycles. The van der Waals surface area contributed by atoms with Crippen molar-refractivity contribution in [2.75, 3.05) is 33.5 Å². The number of allylic oxidation sites excluding steroid dienone is 1. The van der Waals surface area contributed by atoms with Crippen LogP contribution in [-0.2, 0) is 21.3 Å². The molecule has 6 heteroatoms. The molecule has 0 radical (unpaired) electrons. The number of carbonyl (C=O) groups excluding carboxylic acids is 1. The van der Waals surface area contributed by atoms with Crippen LogP contribution in [0.5, 0.6) is 5.75 Å². The third kappa shape index (κ3) is 3.45. The molecule has 0 fully saturated rings. The lowest BCUT2D eigenvalue weighted by atomic mass is 9.70. The molecule has 156 valence electrons. The summed E-state index contributed by atoms with van der Waals surface area (Å²) in [5.74, 6) is 0.761. The third-order valence-electron chi connectivity index (χ3n) is 5.93. The van der Waals surface area contributed by atoms with Crippen molar-refractivity contribution in [3.8, 4) is 11.8 Å². The summed E-state index contributed by atoms with van der Waals surface area (Å²) in [6.07, 6.45) is 3.26. The average molecular weight is 406 g/mol. The van der Waals surface area contributed by atoms with E-state index < -0.39 is 0 Å². The highest BCUT2D eigenvalue weighted by Gasteiger charge is 2.41. The second-order valence-electron chi connectivity index (χ2n) is 8.16. The molecule has 0 amide bonds. The fourth-order valence-electron chi connectivity index (χ4n) is 4.31. The van der Waals surface area contributed by atoms with Crippen LogP contribution in [0.1, 0.15) is 58.7 Å². The Morgan fingerprint density at radius 3 is 2.73 bits per heavy atom. The largest absolute Gasteiger partial charge is 0.491 e. The molecular formula is C24H26N2O4. The van der Waals surface area contributed by atoms with Crippen LogP contribution >= 0.6 is 0 Å². The molecule has 2 aliphatic carbocycles. The first-order valence-corrected chi connectivity index (χ1v) is 10.2. The van der Waals surface area contributed by atoms with Gasteiger partial charge in [0.05, 0.1) is 25.9 Å². The zero-order chi connectivity index (χ0) is 21.3. The lowest BCUT2D eigenvalue weighted by Crippen LogP contribution is -2.30. The van der Waals surface area contributed by atoms with Crippen molar-refractivity contribution in [1.29, 1.82) is 5.26 Å². The number of nitrogens with zero attached hydrogens (tertiary/aromatic N) is 1. The quantitative estimate of drug-likeness (QED) is 0.708. The molecule has 0 atom stereocenters. The fourth-order valence-corrected chi connectivity index (χ4v) is 4.31. The number of H-pyrrole nitrogens is 1. The highest BCUT2D eigenvalue weighted by atomic mass is 16.5. The predicted molar refractivity (Wildman–Crippen MR) is 113 cm³/mol. The summed E-state index contributed by atoms with van der Waals surface area (Å²) in [5, 5.41) is 9.25. The molecule has 0 aliphatic heterocycles. The van der Waals surface area contributed by atoms with Gasteiger partial charge in [-0.3, -0.25) is 4.79 Å². The van der Waals surface area contributed by atoms with Gasteiger partial charge in [-0.15, -0.1) is 0 Å². The van der Waals surface area contributed by atoms with E-state index in [2.05, 4.69) is 24.9 Å². The van der Waals surface area contributed by atoms with Crippen molar-refractivity contribution >= 4 is 11.9 Å². The van der Waals surface area contributed by atoms with Crippen molar-refractivity contribution in [2.45, 2.75) is 32.1 Å². The number of aromatic nitrogens is 1. The van der Waals surface area contributed by atoms with Crippen molar-refractivity contribution in [3.63, 3.8) is 0 Å². The van der Waals surface area contributed by atoms with E-state index in [1.807, 2.05) is 24.3 Å². The van der Waals surface area contributed by atoms with Gasteiger partial charge in [0, 0.05) is 40.6 Å². The molecule has 0 bridgehead atoms. The van der Waals surface area contributed by atoms with Crippen LogP contribution < -0.4 is 4.74 Å². The molecule has 6 nitrogen and oxygen atoms in total. The number of ketones is 1. The molecule has 0 unspecified atom stereocenters. The second kappa shape index (κ2) is 8.10. The van der Waals surface area contributed by atoms with Crippen LogP contribution in [0.25, 0.3) is 6.08 Å². The maximum Gasteiger partial charge on any atom is 0.195 e. The SMILES string of the molecule is COCCOCCOc1ccc2c(c1)C(C)(C)c1[nH]c3c(c1C2=O)CCC(C#N)=C3. The average Bonchev–Trinajstić information content (AvgIpc) is 3.14. The minimum absolute atomic E-state index is 0.0417. The Balaban J connectivity index is 1.61. The Kier molecular flexibility index (Phi) is 5.50. The van der Waals surface area contributed by atoms with Gasteiger partial charge in [-0.2, -0.15) is 5.26 Å². The van der Waals surface area contributed by atoms with E-state index >= 15 is 0 Å². The highest BCUT2D eigenvalue weighted by Crippen LogP contribution is 2.45.